The maximum atomic E-state index is 12.2. The topological polar surface area (TPSA) is 70.6 Å². The Morgan fingerprint density at radius 1 is 1.19 bits per heavy atom. The van der Waals surface area contributed by atoms with E-state index in [0.717, 1.165) is 13.1 Å². The standard InChI is InChI=1S/C20H33N5O2/c1-13(2)17-12-27-20(26)25(17)18-6-9-21-19(23-18)22-15(5)16-7-10-24(11-8-16)14(3)4/h6,9,13-17H,7-8,10-12H2,1-5H3,(H,21,22,23)/t15-,17?/m0/s1. The van der Waals surface area contributed by atoms with Crippen molar-refractivity contribution in [1.82, 2.24) is 14.9 Å². The number of likely N-dealkylation sites (tertiary alicyclic amines) is 1. The molecule has 150 valence electrons. The summed E-state index contributed by atoms with van der Waals surface area (Å²) in [5.74, 6) is 2.09. The van der Waals surface area contributed by atoms with E-state index in [0.29, 0.717) is 42.3 Å². The van der Waals surface area contributed by atoms with Gasteiger partial charge in [-0.3, -0.25) is 4.90 Å². The Morgan fingerprint density at radius 3 is 2.52 bits per heavy atom. The molecule has 0 bridgehead atoms. The average Bonchev–Trinajstić information content (AvgIpc) is 3.04. The molecule has 7 heteroatoms. The van der Waals surface area contributed by atoms with E-state index in [1.54, 1.807) is 17.2 Å². The van der Waals surface area contributed by atoms with Gasteiger partial charge < -0.3 is 15.0 Å². The highest BCUT2D eigenvalue weighted by Crippen LogP contribution is 2.27. The van der Waals surface area contributed by atoms with Gasteiger partial charge in [0, 0.05) is 18.3 Å². The lowest BCUT2D eigenvalue weighted by Crippen LogP contribution is -2.42. The van der Waals surface area contributed by atoms with Crippen LogP contribution < -0.4 is 10.2 Å². The second kappa shape index (κ2) is 8.42. The molecule has 2 atom stereocenters. The fourth-order valence-corrected chi connectivity index (χ4v) is 4.00. The summed E-state index contributed by atoms with van der Waals surface area (Å²) >= 11 is 0. The Kier molecular flexibility index (Phi) is 6.19. The highest BCUT2D eigenvalue weighted by atomic mass is 16.6. The van der Waals surface area contributed by atoms with Crippen molar-refractivity contribution >= 4 is 17.9 Å². The van der Waals surface area contributed by atoms with Gasteiger partial charge in [-0.15, -0.1) is 0 Å². The molecule has 0 radical (unpaired) electrons. The molecule has 2 saturated heterocycles. The average molecular weight is 376 g/mol. The van der Waals surface area contributed by atoms with Crippen LogP contribution in [0.1, 0.15) is 47.5 Å². The largest absolute Gasteiger partial charge is 0.447 e. The minimum atomic E-state index is -0.326. The van der Waals surface area contributed by atoms with Crippen molar-refractivity contribution in [2.24, 2.45) is 11.8 Å². The lowest BCUT2D eigenvalue weighted by Gasteiger charge is -2.37. The van der Waals surface area contributed by atoms with Crippen LogP contribution in [-0.2, 0) is 4.74 Å². The summed E-state index contributed by atoms with van der Waals surface area (Å²) < 4.78 is 5.24. The van der Waals surface area contributed by atoms with Gasteiger partial charge in [-0.25, -0.2) is 9.78 Å². The molecule has 0 aromatic carbocycles. The molecule has 0 saturated carbocycles. The minimum Gasteiger partial charge on any atom is -0.447 e. The van der Waals surface area contributed by atoms with E-state index in [1.807, 2.05) is 0 Å². The van der Waals surface area contributed by atoms with Gasteiger partial charge in [-0.2, -0.15) is 4.98 Å². The third-order valence-electron chi connectivity index (χ3n) is 5.93. The van der Waals surface area contributed by atoms with Crippen molar-refractivity contribution < 1.29 is 9.53 Å². The fraction of sp³-hybridized carbons (Fsp3) is 0.750. The molecule has 2 aliphatic rings. The van der Waals surface area contributed by atoms with Crippen molar-refractivity contribution in [3.8, 4) is 0 Å². The van der Waals surface area contributed by atoms with Gasteiger partial charge in [0.2, 0.25) is 5.95 Å². The summed E-state index contributed by atoms with van der Waals surface area (Å²) in [4.78, 5) is 25.3. The van der Waals surface area contributed by atoms with Crippen molar-refractivity contribution in [1.29, 1.82) is 0 Å². The van der Waals surface area contributed by atoms with E-state index < -0.39 is 0 Å². The van der Waals surface area contributed by atoms with Crippen LogP contribution in [0.15, 0.2) is 12.3 Å². The number of hydrogen-bond donors (Lipinski definition) is 1. The molecule has 7 nitrogen and oxygen atoms in total. The first-order valence-electron chi connectivity index (χ1n) is 10.2. The zero-order chi connectivity index (χ0) is 19.6. The van der Waals surface area contributed by atoms with Crippen molar-refractivity contribution in [3.05, 3.63) is 12.3 Å². The number of nitrogens with zero attached hydrogens (tertiary/aromatic N) is 4. The van der Waals surface area contributed by atoms with Crippen LogP contribution in [0.4, 0.5) is 16.6 Å². The lowest BCUT2D eigenvalue weighted by atomic mass is 9.90. The Bertz CT molecular complexity index is 643. The molecule has 2 fully saturated rings. The van der Waals surface area contributed by atoms with Crippen LogP contribution in [0.2, 0.25) is 0 Å². The number of anilines is 2. The molecule has 0 aliphatic carbocycles. The van der Waals surface area contributed by atoms with Gasteiger partial charge in [0.25, 0.3) is 0 Å². The maximum absolute atomic E-state index is 12.2. The third-order valence-corrected chi connectivity index (χ3v) is 5.93. The van der Waals surface area contributed by atoms with E-state index in [1.165, 1.54) is 12.8 Å². The number of nitrogens with one attached hydrogen (secondary N) is 1. The molecule has 2 aliphatic heterocycles. The first-order chi connectivity index (χ1) is 12.9. The first kappa shape index (κ1) is 19.9. The highest BCUT2D eigenvalue weighted by molar-refractivity contribution is 5.89. The molecule has 1 aromatic rings. The summed E-state index contributed by atoms with van der Waals surface area (Å²) in [5, 5.41) is 3.46. The van der Waals surface area contributed by atoms with Gasteiger partial charge in [-0.05, 0) is 64.6 Å². The number of ether oxygens (including phenoxy) is 1. The Labute approximate surface area is 162 Å². The summed E-state index contributed by atoms with van der Waals surface area (Å²) in [6.07, 6.45) is 3.74. The SMILES string of the molecule is CC(C)C1COC(=O)N1c1ccnc(N[C@@H](C)C2CCN(C(C)C)CC2)n1. The Hall–Kier alpha value is -1.89. The van der Waals surface area contributed by atoms with Crippen LogP contribution in [0.3, 0.4) is 0 Å². The van der Waals surface area contributed by atoms with Crippen LogP contribution in [0, 0.1) is 11.8 Å². The number of hydrogen-bond acceptors (Lipinski definition) is 6. The summed E-state index contributed by atoms with van der Waals surface area (Å²) in [7, 11) is 0. The van der Waals surface area contributed by atoms with Gasteiger partial charge >= 0.3 is 6.09 Å². The number of cyclic esters (lactones) is 1. The summed E-state index contributed by atoms with van der Waals surface area (Å²) in [6.45, 7) is 13.6. The molecule has 3 rings (SSSR count). The van der Waals surface area contributed by atoms with E-state index >= 15 is 0 Å². The van der Waals surface area contributed by atoms with Gasteiger partial charge in [-0.1, -0.05) is 13.8 Å². The Balaban J connectivity index is 1.65. The molecule has 1 amide bonds. The quantitative estimate of drug-likeness (QED) is 0.822. The van der Waals surface area contributed by atoms with E-state index in [-0.39, 0.29) is 12.1 Å². The predicted molar refractivity (Wildman–Crippen MR) is 107 cm³/mol. The van der Waals surface area contributed by atoms with Crippen molar-refractivity contribution in [3.63, 3.8) is 0 Å². The molecule has 3 heterocycles. The summed E-state index contributed by atoms with van der Waals surface area (Å²) in [6, 6.07) is 2.70. The van der Waals surface area contributed by atoms with Gasteiger partial charge in [0.05, 0.1) is 6.04 Å². The second-order valence-electron chi connectivity index (χ2n) is 8.40. The number of carbonyl (C=O) groups is 1. The van der Waals surface area contributed by atoms with Crippen LogP contribution >= 0.6 is 0 Å². The number of piperidine rings is 1. The van der Waals surface area contributed by atoms with Crippen molar-refractivity contribution in [2.45, 2.75) is 65.6 Å². The molecule has 1 aromatic heterocycles. The minimum absolute atomic E-state index is 0.0121. The molecular formula is C20H33N5O2. The van der Waals surface area contributed by atoms with Crippen LogP contribution in [-0.4, -0.2) is 58.8 Å². The number of aromatic nitrogens is 2. The smallest absolute Gasteiger partial charge is 0.415 e. The predicted octanol–water partition coefficient (Wildman–Crippen LogP) is 3.38. The Morgan fingerprint density at radius 2 is 1.89 bits per heavy atom. The molecular weight excluding hydrogens is 342 g/mol. The molecule has 0 spiro atoms. The molecule has 1 unspecified atom stereocenters. The number of amides is 1. The third kappa shape index (κ3) is 4.51. The van der Waals surface area contributed by atoms with Gasteiger partial charge in [0.1, 0.15) is 12.4 Å². The van der Waals surface area contributed by atoms with Crippen molar-refractivity contribution in [2.75, 3.05) is 29.9 Å². The zero-order valence-electron chi connectivity index (χ0n) is 17.2. The molecule has 1 N–H and O–H groups in total. The zero-order valence-corrected chi connectivity index (χ0v) is 17.2. The lowest BCUT2D eigenvalue weighted by molar-refractivity contribution is 0.143. The second-order valence-corrected chi connectivity index (χ2v) is 8.40. The first-order valence-corrected chi connectivity index (χ1v) is 10.2. The summed E-state index contributed by atoms with van der Waals surface area (Å²) in [5.41, 5.74) is 0. The van der Waals surface area contributed by atoms with Crippen LogP contribution in [0.25, 0.3) is 0 Å². The maximum Gasteiger partial charge on any atom is 0.415 e. The van der Waals surface area contributed by atoms with E-state index in [2.05, 4.69) is 54.8 Å². The monoisotopic (exact) mass is 375 g/mol. The molecule has 27 heavy (non-hydrogen) atoms. The van der Waals surface area contributed by atoms with Crippen LogP contribution in [0.5, 0.6) is 0 Å². The van der Waals surface area contributed by atoms with Gasteiger partial charge in [0.15, 0.2) is 0 Å². The van der Waals surface area contributed by atoms with E-state index in [4.69, 9.17) is 4.74 Å². The van der Waals surface area contributed by atoms with E-state index in [9.17, 15) is 4.79 Å². The normalized spacial score (nSPS) is 23.1. The number of rotatable bonds is 6. The number of carbonyl (C=O) groups excluding carboxylic acids is 1. The highest BCUT2D eigenvalue weighted by Gasteiger charge is 2.37. The fourth-order valence-electron chi connectivity index (χ4n) is 4.00.